The van der Waals surface area contributed by atoms with Gasteiger partial charge in [-0.1, -0.05) is 37.1 Å². The van der Waals surface area contributed by atoms with E-state index < -0.39 is 17.9 Å². The topological polar surface area (TPSA) is 116 Å². The lowest BCUT2D eigenvalue weighted by molar-refractivity contribution is -0.129. The molecule has 2 aliphatic rings. The van der Waals surface area contributed by atoms with Gasteiger partial charge in [0.15, 0.2) is 17.7 Å². The van der Waals surface area contributed by atoms with Crippen LogP contribution in [0.25, 0.3) is 0 Å². The van der Waals surface area contributed by atoms with Gasteiger partial charge in [-0.25, -0.2) is 4.79 Å². The largest absolute Gasteiger partial charge is 0.449 e. The normalized spacial score (nSPS) is 16.6. The molecule has 4 rings (SSSR count). The van der Waals surface area contributed by atoms with Crippen molar-refractivity contribution in [1.82, 2.24) is 5.32 Å². The maximum atomic E-state index is 12.9. The predicted octanol–water partition coefficient (Wildman–Crippen LogP) is 2.65. The molecule has 2 aromatic rings. The monoisotopic (exact) mass is 406 g/mol. The minimum absolute atomic E-state index is 0.00351. The Labute approximate surface area is 173 Å². The Morgan fingerprint density at radius 3 is 2.30 bits per heavy atom. The summed E-state index contributed by atoms with van der Waals surface area (Å²) in [7, 11) is 0. The number of carbonyl (C=O) groups is 4. The van der Waals surface area contributed by atoms with Gasteiger partial charge in [-0.15, -0.1) is 0 Å². The van der Waals surface area contributed by atoms with E-state index in [1.54, 1.807) is 24.3 Å². The number of esters is 1. The number of carbonyl (C=O) groups excluding carboxylic acids is 4. The van der Waals surface area contributed by atoms with Crippen molar-refractivity contribution in [3.63, 3.8) is 0 Å². The summed E-state index contributed by atoms with van der Waals surface area (Å²) in [5.41, 5.74) is 6.66. The van der Waals surface area contributed by atoms with E-state index in [0.29, 0.717) is 5.56 Å². The average molecular weight is 406 g/mol. The standard InChI is InChI=1S/C23H22N2O5/c1-12(22(28)25-13-6-2-3-7-13)30-23(29)17-11-10-16-18(19(17)24)21(27)15-9-5-4-8-14(15)20(16)26/h4-5,8-13H,2-3,6-7,24H2,1H3,(H,25,28)/t12-/m1/s1. The van der Waals surface area contributed by atoms with E-state index in [1.165, 1.54) is 19.1 Å². The van der Waals surface area contributed by atoms with E-state index in [4.69, 9.17) is 10.5 Å². The van der Waals surface area contributed by atoms with Crippen LogP contribution in [0.4, 0.5) is 5.69 Å². The van der Waals surface area contributed by atoms with E-state index in [1.807, 2.05) is 0 Å². The van der Waals surface area contributed by atoms with Crippen LogP contribution in [0.2, 0.25) is 0 Å². The van der Waals surface area contributed by atoms with Crippen LogP contribution in [-0.2, 0) is 9.53 Å². The number of hydrogen-bond acceptors (Lipinski definition) is 6. The molecule has 30 heavy (non-hydrogen) atoms. The highest BCUT2D eigenvalue weighted by atomic mass is 16.5. The van der Waals surface area contributed by atoms with Crippen LogP contribution >= 0.6 is 0 Å². The molecule has 3 N–H and O–H groups in total. The van der Waals surface area contributed by atoms with Crippen molar-refractivity contribution in [2.45, 2.75) is 44.8 Å². The van der Waals surface area contributed by atoms with Gasteiger partial charge in [0.05, 0.1) is 16.8 Å². The molecule has 1 saturated carbocycles. The smallest absolute Gasteiger partial charge is 0.341 e. The Morgan fingerprint density at radius 2 is 1.63 bits per heavy atom. The van der Waals surface area contributed by atoms with Crippen LogP contribution in [0.5, 0.6) is 0 Å². The first-order chi connectivity index (χ1) is 14.4. The number of hydrogen-bond donors (Lipinski definition) is 2. The molecule has 7 nitrogen and oxygen atoms in total. The Morgan fingerprint density at radius 1 is 1.00 bits per heavy atom. The third-order valence-corrected chi connectivity index (χ3v) is 5.71. The lowest BCUT2D eigenvalue weighted by Gasteiger charge is -2.21. The molecule has 1 amide bonds. The second-order valence-corrected chi connectivity index (χ2v) is 7.69. The summed E-state index contributed by atoms with van der Waals surface area (Å²) < 4.78 is 5.28. The van der Waals surface area contributed by atoms with E-state index in [9.17, 15) is 19.2 Å². The Bertz CT molecular complexity index is 1070. The minimum Gasteiger partial charge on any atom is -0.449 e. The zero-order valence-electron chi connectivity index (χ0n) is 16.6. The molecule has 0 spiro atoms. The molecule has 2 aliphatic carbocycles. The summed E-state index contributed by atoms with van der Waals surface area (Å²) in [6, 6.07) is 9.35. The van der Waals surface area contributed by atoms with E-state index in [2.05, 4.69) is 5.32 Å². The second-order valence-electron chi connectivity index (χ2n) is 7.69. The van der Waals surface area contributed by atoms with Gasteiger partial charge in [0.1, 0.15) is 0 Å². The summed E-state index contributed by atoms with van der Waals surface area (Å²) in [6.07, 6.45) is 2.97. The molecule has 0 aromatic heterocycles. The highest BCUT2D eigenvalue weighted by Crippen LogP contribution is 2.33. The van der Waals surface area contributed by atoms with Crippen molar-refractivity contribution in [3.8, 4) is 0 Å². The number of rotatable bonds is 4. The maximum absolute atomic E-state index is 12.9. The van der Waals surface area contributed by atoms with Crippen LogP contribution < -0.4 is 11.1 Å². The van der Waals surface area contributed by atoms with E-state index >= 15 is 0 Å². The van der Waals surface area contributed by atoms with E-state index in [0.717, 1.165) is 25.7 Å². The summed E-state index contributed by atoms with van der Waals surface area (Å²) in [6.45, 7) is 1.49. The molecular weight excluding hydrogens is 384 g/mol. The summed E-state index contributed by atoms with van der Waals surface area (Å²) in [4.78, 5) is 50.6. The molecule has 0 heterocycles. The Kier molecular flexibility index (Phi) is 5.11. The molecule has 154 valence electrons. The van der Waals surface area contributed by atoms with Crippen molar-refractivity contribution in [2.75, 3.05) is 5.73 Å². The van der Waals surface area contributed by atoms with Crippen molar-refractivity contribution in [1.29, 1.82) is 0 Å². The number of fused-ring (bicyclic) bond motifs is 2. The fourth-order valence-corrected chi connectivity index (χ4v) is 4.06. The Balaban J connectivity index is 1.57. The fourth-order valence-electron chi connectivity index (χ4n) is 4.06. The van der Waals surface area contributed by atoms with Crippen LogP contribution in [0, 0.1) is 0 Å². The lowest BCUT2D eigenvalue weighted by Crippen LogP contribution is -2.41. The number of ketones is 2. The maximum Gasteiger partial charge on any atom is 0.341 e. The van der Waals surface area contributed by atoms with Gasteiger partial charge in [0.25, 0.3) is 5.91 Å². The number of anilines is 1. The second kappa shape index (κ2) is 7.74. The molecule has 0 aliphatic heterocycles. The third kappa shape index (κ3) is 3.36. The quantitative estimate of drug-likeness (QED) is 0.508. The first kappa shape index (κ1) is 19.8. The minimum atomic E-state index is -1.01. The molecule has 0 saturated heterocycles. The molecule has 0 radical (unpaired) electrons. The van der Waals surface area contributed by atoms with Crippen molar-refractivity contribution < 1.29 is 23.9 Å². The molecule has 0 bridgehead atoms. The number of amides is 1. The fraction of sp³-hybridized carbons (Fsp3) is 0.304. The predicted molar refractivity (Wildman–Crippen MR) is 109 cm³/mol. The zero-order valence-corrected chi connectivity index (χ0v) is 16.6. The van der Waals surface area contributed by atoms with Crippen LogP contribution in [0.1, 0.15) is 74.8 Å². The van der Waals surface area contributed by atoms with Gasteiger partial charge in [0.2, 0.25) is 0 Å². The average Bonchev–Trinajstić information content (AvgIpc) is 3.24. The molecule has 1 fully saturated rings. The van der Waals surface area contributed by atoms with Gasteiger partial charge in [-0.05, 0) is 31.9 Å². The van der Waals surface area contributed by atoms with Crippen molar-refractivity contribution in [3.05, 3.63) is 64.2 Å². The first-order valence-electron chi connectivity index (χ1n) is 10.0. The number of nitrogens with one attached hydrogen (secondary N) is 1. The molecule has 2 aromatic carbocycles. The molecule has 7 heteroatoms. The number of benzene rings is 2. The Hall–Kier alpha value is -3.48. The first-order valence-corrected chi connectivity index (χ1v) is 10.0. The summed E-state index contributed by atoms with van der Waals surface area (Å²) >= 11 is 0. The third-order valence-electron chi connectivity index (χ3n) is 5.71. The highest BCUT2D eigenvalue weighted by molar-refractivity contribution is 6.30. The number of nitrogens with two attached hydrogens (primary N) is 1. The summed E-state index contributed by atoms with van der Waals surface area (Å²) in [5.74, 6) is -1.93. The van der Waals surface area contributed by atoms with Gasteiger partial charge >= 0.3 is 5.97 Å². The highest BCUT2D eigenvalue weighted by Gasteiger charge is 2.33. The molecule has 1 atom stereocenters. The number of nitrogen functional groups attached to an aromatic ring is 1. The van der Waals surface area contributed by atoms with E-state index in [-0.39, 0.29) is 45.7 Å². The number of ether oxygens (including phenoxy) is 1. The zero-order chi connectivity index (χ0) is 21.4. The van der Waals surface area contributed by atoms with Crippen molar-refractivity contribution in [2.24, 2.45) is 0 Å². The van der Waals surface area contributed by atoms with Gasteiger partial charge in [0, 0.05) is 22.7 Å². The van der Waals surface area contributed by atoms with Crippen LogP contribution in [-0.4, -0.2) is 35.6 Å². The van der Waals surface area contributed by atoms with Crippen molar-refractivity contribution >= 4 is 29.1 Å². The molecular formula is C23H22N2O5. The lowest BCUT2D eigenvalue weighted by atomic mass is 9.82. The summed E-state index contributed by atoms with van der Waals surface area (Å²) in [5, 5.41) is 2.88. The van der Waals surface area contributed by atoms with Crippen LogP contribution in [0.3, 0.4) is 0 Å². The van der Waals surface area contributed by atoms with Gasteiger partial charge < -0.3 is 15.8 Å². The molecule has 0 unspecified atom stereocenters. The SMILES string of the molecule is C[C@@H](OC(=O)c1ccc2c(c1N)C(=O)c1ccccc1C2=O)C(=O)NC1CCCC1. The van der Waals surface area contributed by atoms with Crippen LogP contribution in [0.15, 0.2) is 36.4 Å². The van der Waals surface area contributed by atoms with Gasteiger partial charge in [-0.3, -0.25) is 14.4 Å². The van der Waals surface area contributed by atoms with Gasteiger partial charge in [-0.2, -0.15) is 0 Å².